The van der Waals surface area contributed by atoms with E-state index in [-0.39, 0.29) is 5.91 Å². The van der Waals surface area contributed by atoms with Crippen LogP contribution in [0.5, 0.6) is 0 Å². The van der Waals surface area contributed by atoms with Gasteiger partial charge < -0.3 is 9.64 Å². The minimum absolute atomic E-state index is 0.00121. The largest absolute Gasteiger partial charge is 0.360 e. The highest BCUT2D eigenvalue weighted by molar-refractivity contribution is 5.96. The van der Waals surface area contributed by atoms with Gasteiger partial charge in [-0.15, -0.1) is 0 Å². The Morgan fingerprint density at radius 1 is 1.32 bits per heavy atom. The third-order valence-corrected chi connectivity index (χ3v) is 4.41. The van der Waals surface area contributed by atoms with Crippen LogP contribution in [0.2, 0.25) is 0 Å². The quantitative estimate of drug-likeness (QED) is 0.795. The Bertz CT molecular complexity index is 768. The lowest BCUT2D eigenvalue weighted by Gasteiger charge is -2.47. The van der Waals surface area contributed by atoms with Gasteiger partial charge in [0.2, 0.25) is 0 Å². The van der Waals surface area contributed by atoms with E-state index in [1.54, 1.807) is 17.3 Å². The molecule has 112 valence electrons. The highest BCUT2D eigenvalue weighted by Gasteiger charge is 2.52. The van der Waals surface area contributed by atoms with Gasteiger partial charge in [0.25, 0.3) is 5.91 Å². The minimum atomic E-state index is -0.422. The van der Waals surface area contributed by atoms with Crippen LogP contribution in [-0.4, -0.2) is 38.8 Å². The summed E-state index contributed by atoms with van der Waals surface area (Å²) in [5, 5.41) is 0. The van der Waals surface area contributed by atoms with E-state index in [1.807, 2.05) is 26.1 Å². The Morgan fingerprint density at radius 2 is 2.14 bits per heavy atom. The number of carbonyl (C=O) groups is 1. The average Bonchev–Trinajstić information content (AvgIpc) is 2.84. The van der Waals surface area contributed by atoms with Crippen LogP contribution in [0.1, 0.15) is 33.0 Å². The normalized spacial score (nSPS) is 18.2. The first kappa shape index (κ1) is 13.3. The highest BCUT2D eigenvalue weighted by atomic mass is 16.5. The van der Waals surface area contributed by atoms with Crippen molar-refractivity contribution in [3.8, 4) is 0 Å². The van der Waals surface area contributed by atoms with Crippen molar-refractivity contribution in [2.75, 3.05) is 13.1 Å². The van der Waals surface area contributed by atoms with Gasteiger partial charge in [-0.2, -0.15) is 0 Å². The number of fused-ring (bicyclic) bond motifs is 2. The van der Waals surface area contributed by atoms with Gasteiger partial charge in [-0.05, 0) is 25.5 Å². The van der Waals surface area contributed by atoms with Crippen molar-refractivity contribution in [1.29, 1.82) is 0 Å². The summed E-state index contributed by atoms with van der Waals surface area (Å²) in [6.45, 7) is 5.36. The fraction of sp³-hybridized carbons (Fsp3) is 0.375. The summed E-state index contributed by atoms with van der Waals surface area (Å²) in [7, 11) is 0. The Hall–Kier alpha value is -2.34. The van der Waals surface area contributed by atoms with Crippen LogP contribution in [0.4, 0.5) is 0 Å². The number of ether oxygens (including phenoxy) is 1. The maximum absolute atomic E-state index is 12.6. The molecule has 0 saturated carbocycles. The molecule has 0 radical (unpaired) electrons. The molecular formula is C16H16N4O2. The lowest BCUT2D eigenvalue weighted by molar-refractivity contribution is -0.126. The zero-order chi connectivity index (χ0) is 15.3. The SMILES string of the molecule is Cc1ncc2c(n1)COC21CN(C(=O)c2cnccc2C)C1. The highest BCUT2D eigenvalue weighted by Crippen LogP contribution is 2.42. The number of rotatable bonds is 1. The Morgan fingerprint density at radius 3 is 2.91 bits per heavy atom. The van der Waals surface area contributed by atoms with Crippen molar-refractivity contribution in [2.24, 2.45) is 0 Å². The first-order valence-electron chi connectivity index (χ1n) is 7.26. The van der Waals surface area contributed by atoms with Crippen molar-refractivity contribution in [1.82, 2.24) is 19.9 Å². The molecule has 0 atom stereocenters. The van der Waals surface area contributed by atoms with E-state index < -0.39 is 5.60 Å². The van der Waals surface area contributed by atoms with Gasteiger partial charge in [-0.3, -0.25) is 9.78 Å². The Kier molecular flexibility index (Phi) is 2.77. The molecule has 6 heteroatoms. The zero-order valence-corrected chi connectivity index (χ0v) is 12.5. The summed E-state index contributed by atoms with van der Waals surface area (Å²) >= 11 is 0. The number of hydrogen-bond donors (Lipinski definition) is 0. The van der Waals surface area contributed by atoms with Crippen molar-refractivity contribution in [2.45, 2.75) is 26.1 Å². The number of nitrogens with zero attached hydrogens (tertiary/aromatic N) is 4. The third kappa shape index (κ3) is 1.84. The van der Waals surface area contributed by atoms with E-state index in [9.17, 15) is 4.79 Å². The number of amides is 1. The first-order chi connectivity index (χ1) is 10.6. The van der Waals surface area contributed by atoms with Gasteiger partial charge in [-0.25, -0.2) is 9.97 Å². The lowest BCUT2D eigenvalue weighted by Crippen LogP contribution is -2.61. The third-order valence-electron chi connectivity index (χ3n) is 4.41. The van der Waals surface area contributed by atoms with E-state index in [1.165, 1.54) is 0 Å². The van der Waals surface area contributed by atoms with Crippen molar-refractivity contribution < 1.29 is 9.53 Å². The monoisotopic (exact) mass is 296 g/mol. The second kappa shape index (κ2) is 4.58. The topological polar surface area (TPSA) is 68.2 Å². The first-order valence-corrected chi connectivity index (χ1v) is 7.26. The van der Waals surface area contributed by atoms with Gasteiger partial charge in [0.1, 0.15) is 11.4 Å². The molecule has 4 rings (SSSR count). The Balaban J connectivity index is 1.56. The van der Waals surface area contributed by atoms with Gasteiger partial charge in [0.05, 0.1) is 31.0 Å². The molecule has 0 aromatic carbocycles. The molecule has 1 spiro atoms. The summed E-state index contributed by atoms with van der Waals surface area (Å²) in [6, 6.07) is 1.85. The van der Waals surface area contributed by atoms with Crippen LogP contribution in [0, 0.1) is 13.8 Å². The van der Waals surface area contributed by atoms with Crippen LogP contribution >= 0.6 is 0 Å². The van der Waals surface area contributed by atoms with Crippen LogP contribution < -0.4 is 0 Å². The number of likely N-dealkylation sites (tertiary alicyclic amines) is 1. The molecule has 1 fully saturated rings. The van der Waals surface area contributed by atoms with E-state index in [4.69, 9.17) is 4.74 Å². The lowest BCUT2D eigenvalue weighted by atomic mass is 9.87. The summed E-state index contributed by atoms with van der Waals surface area (Å²) < 4.78 is 5.94. The number of aromatic nitrogens is 3. The molecule has 1 saturated heterocycles. The smallest absolute Gasteiger partial charge is 0.255 e. The molecule has 2 aliphatic rings. The van der Waals surface area contributed by atoms with Gasteiger partial charge in [0, 0.05) is 24.2 Å². The zero-order valence-electron chi connectivity index (χ0n) is 12.5. The number of carbonyl (C=O) groups excluding carboxylic acids is 1. The Labute approximate surface area is 128 Å². The van der Waals surface area contributed by atoms with Crippen LogP contribution in [-0.2, 0) is 16.9 Å². The molecule has 0 N–H and O–H groups in total. The van der Waals surface area contributed by atoms with Crippen molar-refractivity contribution in [3.63, 3.8) is 0 Å². The summed E-state index contributed by atoms with van der Waals surface area (Å²) in [5.74, 6) is 0.749. The molecule has 6 nitrogen and oxygen atoms in total. The maximum atomic E-state index is 12.6. The molecule has 22 heavy (non-hydrogen) atoms. The molecule has 1 amide bonds. The molecule has 2 aromatic heterocycles. The molecule has 2 aromatic rings. The predicted octanol–water partition coefficient (Wildman–Crippen LogP) is 1.37. The minimum Gasteiger partial charge on any atom is -0.360 e. The van der Waals surface area contributed by atoms with Crippen molar-refractivity contribution >= 4 is 5.91 Å². The number of pyridine rings is 1. The fourth-order valence-electron chi connectivity index (χ4n) is 3.13. The molecule has 4 heterocycles. The van der Waals surface area contributed by atoms with Gasteiger partial charge >= 0.3 is 0 Å². The number of aryl methyl sites for hydroxylation is 2. The standard InChI is InChI=1S/C16H16N4O2/c1-10-3-4-17-5-12(10)15(21)20-8-16(9-20)13-6-18-11(2)19-14(13)7-22-16/h3-6H,7-9H2,1-2H3. The molecule has 0 unspecified atom stereocenters. The van der Waals surface area contributed by atoms with E-state index in [0.717, 1.165) is 22.6 Å². The van der Waals surface area contributed by atoms with Crippen LogP contribution in [0.15, 0.2) is 24.7 Å². The average molecular weight is 296 g/mol. The van der Waals surface area contributed by atoms with Crippen molar-refractivity contribution in [3.05, 3.63) is 52.9 Å². The molecule has 0 bridgehead atoms. The van der Waals surface area contributed by atoms with E-state index >= 15 is 0 Å². The maximum Gasteiger partial charge on any atom is 0.255 e. The summed E-state index contributed by atoms with van der Waals surface area (Å²) in [6.07, 6.45) is 5.15. The van der Waals surface area contributed by atoms with Crippen LogP contribution in [0.25, 0.3) is 0 Å². The summed E-state index contributed by atoms with van der Waals surface area (Å²) in [4.78, 5) is 27.1. The fourth-order valence-corrected chi connectivity index (χ4v) is 3.13. The van der Waals surface area contributed by atoms with E-state index in [2.05, 4.69) is 15.0 Å². The van der Waals surface area contributed by atoms with Crippen LogP contribution in [0.3, 0.4) is 0 Å². The van der Waals surface area contributed by atoms with E-state index in [0.29, 0.717) is 25.3 Å². The predicted molar refractivity (Wildman–Crippen MR) is 78.1 cm³/mol. The van der Waals surface area contributed by atoms with Gasteiger partial charge in [-0.1, -0.05) is 0 Å². The second-order valence-corrected chi connectivity index (χ2v) is 5.91. The number of hydrogen-bond acceptors (Lipinski definition) is 5. The molecule has 0 aliphatic carbocycles. The molecule has 2 aliphatic heterocycles. The summed E-state index contributed by atoms with van der Waals surface area (Å²) in [5.41, 5.74) is 3.13. The second-order valence-electron chi connectivity index (χ2n) is 5.91. The van der Waals surface area contributed by atoms with Gasteiger partial charge in [0.15, 0.2) is 0 Å². The molecular weight excluding hydrogens is 280 g/mol.